The number of amides is 1. The Balaban J connectivity index is 2.75. The van der Waals surface area contributed by atoms with Gasteiger partial charge in [-0.3, -0.25) is 4.90 Å². The van der Waals surface area contributed by atoms with Crippen molar-refractivity contribution in [2.24, 2.45) is 10.9 Å². The molecule has 0 saturated carbocycles. The Hall–Kier alpha value is -1.50. The minimum Gasteiger partial charge on any atom is -0.444 e. The lowest BCUT2D eigenvalue weighted by molar-refractivity contribution is -0.0185. The zero-order valence-electron chi connectivity index (χ0n) is 10.3. The third-order valence-corrected chi connectivity index (χ3v) is 2.21. The van der Waals surface area contributed by atoms with Crippen molar-refractivity contribution in [3.63, 3.8) is 0 Å². The number of nitrogens with zero attached hydrogens (tertiary/aromatic N) is 2. The molecule has 0 aromatic carbocycles. The Bertz CT molecular complexity index is 311. The van der Waals surface area contributed by atoms with Crippen LogP contribution in [0.1, 0.15) is 20.8 Å². The van der Waals surface area contributed by atoms with Gasteiger partial charge in [0.2, 0.25) is 0 Å². The van der Waals surface area contributed by atoms with Crippen molar-refractivity contribution in [3.8, 4) is 0 Å². The van der Waals surface area contributed by atoms with Crippen molar-refractivity contribution in [3.05, 3.63) is 0 Å². The Morgan fingerprint density at radius 1 is 1.59 bits per heavy atom. The average molecular weight is 245 g/mol. The van der Waals surface area contributed by atoms with Crippen molar-refractivity contribution in [2.45, 2.75) is 32.4 Å². The summed E-state index contributed by atoms with van der Waals surface area (Å²) in [6.45, 7) is 6.32. The fourth-order valence-corrected chi connectivity index (χ4v) is 1.45. The van der Waals surface area contributed by atoms with Gasteiger partial charge < -0.3 is 20.4 Å². The molecule has 98 valence electrons. The molecule has 3 N–H and O–H groups in total. The van der Waals surface area contributed by atoms with Gasteiger partial charge in [0, 0.05) is 6.54 Å². The number of nitrogens with two attached hydrogens (primary N) is 1. The number of oxime groups is 1. The van der Waals surface area contributed by atoms with Crippen LogP contribution < -0.4 is 5.73 Å². The largest absolute Gasteiger partial charge is 0.444 e. The maximum atomic E-state index is 11.9. The molecule has 1 rings (SSSR count). The predicted octanol–water partition coefficient (Wildman–Crippen LogP) is 0.369. The molecule has 1 aliphatic heterocycles. The van der Waals surface area contributed by atoms with E-state index in [0.29, 0.717) is 13.2 Å². The van der Waals surface area contributed by atoms with Crippen LogP contribution in [0.2, 0.25) is 0 Å². The Kier molecular flexibility index (Phi) is 4.17. The lowest BCUT2D eigenvalue weighted by Crippen LogP contribution is -2.55. The first-order chi connectivity index (χ1) is 7.85. The standard InChI is InChI=1S/C10H19N3O4/c1-10(2,3)17-9(14)13-4-5-16-6-7(13)8(11)12-15/h7,15H,4-6H2,1-3H3,(H2,11,12)/t7-/m1/s1. The van der Waals surface area contributed by atoms with Crippen molar-refractivity contribution in [1.82, 2.24) is 4.90 Å². The van der Waals surface area contributed by atoms with Crippen molar-refractivity contribution in [1.29, 1.82) is 0 Å². The van der Waals surface area contributed by atoms with Crippen molar-refractivity contribution < 1.29 is 19.5 Å². The third-order valence-electron chi connectivity index (χ3n) is 2.21. The molecular weight excluding hydrogens is 226 g/mol. The second kappa shape index (κ2) is 5.22. The zero-order valence-corrected chi connectivity index (χ0v) is 10.3. The SMILES string of the molecule is CC(C)(C)OC(=O)N1CCOC[C@@H]1C(N)=NO. The molecule has 0 spiro atoms. The van der Waals surface area contributed by atoms with Gasteiger partial charge >= 0.3 is 6.09 Å². The molecule has 0 unspecified atom stereocenters. The second-order valence-electron chi connectivity index (χ2n) is 4.79. The highest BCUT2D eigenvalue weighted by Crippen LogP contribution is 2.14. The third kappa shape index (κ3) is 3.77. The zero-order chi connectivity index (χ0) is 13.1. The summed E-state index contributed by atoms with van der Waals surface area (Å²) >= 11 is 0. The first-order valence-electron chi connectivity index (χ1n) is 5.40. The molecule has 1 saturated heterocycles. The maximum absolute atomic E-state index is 11.9. The molecule has 0 aliphatic carbocycles. The lowest BCUT2D eigenvalue weighted by atomic mass is 10.2. The molecule has 1 atom stereocenters. The van der Waals surface area contributed by atoms with Crippen LogP contribution in [-0.2, 0) is 9.47 Å². The van der Waals surface area contributed by atoms with Gasteiger partial charge in [0.1, 0.15) is 11.6 Å². The van der Waals surface area contributed by atoms with Gasteiger partial charge in [-0.05, 0) is 20.8 Å². The number of carbonyl (C=O) groups excluding carboxylic acids is 1. The molecule has 1 fully saturated rings. The van der Waals surface area contributed by atoms with Crippen LogP contribution in [0.3, 0.4) is 0 Å². The van der Waals surface area contributed by atoms with Crippen LogP contribution in [0.4, 0.5) is 4.79 Å². The summed E-state index contributed by atoms with van der Waals surface area (Å²) in [7, 11) is 0. The minimum atomic E-state index is -0.580. The molecule has 0 aromatic heterocycles. The predicted molar refractivity (Wildman–Crippen MR) is 61.0 cm³/mol. The van der Waals surface area contributed by atoms with E-state index in [4.69, 9.17) is 20.4 Å². The number of carbonyl (C=O) groups is 1. The van der Waals surface area contributed by atoms with E-state index in [2.05, 4.69) is 5.16 Å². The van der Waals surface area contributed by atoms with Gasteiger partial charge in [-0.2, -0.15) is 0 Å². The summed E-state index contributed by atoms with van der Waals surface area (Å²) in [6, 6.07) is -0.580. The van der Waals surface area contributed by atoms with Gasteiger partial charge in [0.25, 0.3) is 0 Å². The molecule has 0 bridgehead atoms. The monoisotopic (exact) mass is 245 g/mol. The van der Waals surface area contributed by atoms with Crippen LogP contribution in [-0.4, -0.2) is 53.4 Å². The summed E-state index contributed by atoms with van der Waals surface area (Å²) in [5.41, 5.74) is 4.93. The normalized spacial score (nSPS) is 22.4. The molecular formula is C10H19N3O4. The van der Waals surface area contributed by atoms with E-state index in [0.717, 1.165) is 0 Å². The highest BCUT2D eigenvalue weighted by atomic mass is 16.6. The summed E-state index contributed by atoms with van der Waals surface area (Å²) in [5.74, 6) is -0.0597. The van der Waals surface area contributed by atoms with Crippen LogP contribution >= 0.6 is 0 Å². The number of rotatable bonds is 1. The highest BCUT2D eigenvalue weighted by Gasteiger charge is 2.33. The van der Waals surface area contributed by atoms with E-state index in [9.17, 15) is 4.79 Å². The summed E-state index contributed by atoms with van der Waals surface area (Å²) in [4.78, 5) is 13.3. The first-order valence-corrected chi connectivity index (χ1v) is 5.40. The van der Waals surface area contributed by atoms with Crippen molar-refractivity contribution >= 4 is 11.9 Å². The highest BCUT2D eigenvalue weighted by molar-refractivity contribution is 5.88. The van der Waals surface area contributed by atoms with Crippen LogP contribution in [0, 0.1) is 0 Å². The van der Waals surface area contributed by atoms with E-state index in [1.807, 2.05) is 0 Å². The van der Waals surface area contributed by atoms with E-state index in [1.165, 1.54) is 4.90 Å². The second-order valence-corrected chi connectivity index (χ2v) is 4.79. The molecule has 0 aromatic rings. The smallest absolute Gasteiger partial charge is 0.411 e. The molecule has 7 nitrogen and oxygen atoms in total. The molecule has 1 heterocycles. The molecule has 1 amide bonds. The Labute approximate surface area is 100 Å². The van der Waals surface area contributed by atoms with Gasteiger partial charge in [0.05, 0.1) is 13.2 Å². The van der Waals surface area contributed by atoms with Crippen LogP contribution in [0.15, 0.2) is 5.16 Å². The number of morpholine rings is 1. The molecule has 1 aliphatic rings. The first kappa shape index (κ1) is 13.6. The van der Waals surface area contributed by atoms with Gasteiger partial charge in [-0.25, -0.2) is 4.79 Å². The van der Waals surface area contributed by atoms with E-state index < -0.39 is 17.7 Å². The van der Waals surface area contributed by atoms with E-state index in [1.54, 1.807) is 20.8 Å². The minimum absolute atomic E-state index is 0.0597. The fourth-order valence-electron chi connectivity index (χ4n) is 1.45. The topological polar surface area (TPSA) is 97.4 Å². The summed E-state index contributed by atoms with van der Waals surface area (Å²) in [5, 5.41) is 11.6. The Morgan fingerprint density at radius 3 is 2.76 bits per heavy atom. The number of hydrogen-bond donors (Lipinski definition) is 2. The molecule has 7 heteroatoms. The molecule has 17 heavy (non-hydrogen) atoms. The number of ether oxygens (including phenoxy) is 2. The maximum Gasteiger partial charge on any atom is 0.411 e. The van der Waals surface area contributed by atoms with Crippen molar-refractivity contribution in [2.75, 3.05) is 19.8 Å². The van der Waals surface area contributed by atoms with Gasteiger partial charge in [0.15, 0.2) is 5.84 Å². The van der Waals surface area contributed by atoms with Crippen LogP contribution in [0.5, 0.6) is 0 Å². The summed E-state index contributed by atoms with van der Waals surface area (Å²) in [6.07, 6.45) is -0.489. The average Bonchev–Trinajstić information content (AvgIpc) is 2.25. The van der Waals surface area contributed by atoms with Gasteiger partial charge in [-0.1, -0.05) is 5.16 Å². The summed E-state index contributed by atoms with van der Waals surface area (Å²) < 4.78 is 10.4. The van der Waals surface area contributed by atoms with Crippen LogP contribution in [0.25, 0.3) is 0 Å². The lowest BCUT2D eigenvalue weighted by Gasteiger charge is -2.35. The Morgan fingerprint density at radius 2 is 2.24 bits per heavy atom. The van der Waals surface area contributed by atoms with E-state index in [-0.39, 0.29) is 12.4 Å². The quantitative estimate of drug-likeness (QED) is 0.301. The number of hydrogen-bond acceptors (Lipinski definition) is 5. The fraction of sp³-hybridized carbons (Fsp3) is 0.800. The van der Waals surface area contributed by atoms with E-state index >= 15 is 0 Å². The van der Waals surface area contributed by atoms with Gasteiger partial charge in [-0.15, -0.1) is 0 Å². The molecule has 0 radical (unpaired) electrons. The number of amidine groups is 1.